The van der Waals surface area contributed by atoms with Gasteiger partial charge in [0.05, 0.1) is 5.69 Å². The summed E-state index contributed by atoms with van der Waals surface area (Å²) in [7, 11) is 0. The summed E-state index contributed by atoms with van der Waals surface area (Å²) in [6.07, 6.45) is 8.71. The van der Waals surface area contributed by atoms with Gasteiger partial charge >= 0.3 is 0 Å². The van der Waals surface area contributed by atoms with Crippen molar-refractivity contribution in [2.75, 3.05) is 9.80 Å². The predicted octanol–water partition coefficient (Wildman–Crippen LogP) is 21.0. The van der Waals surface area contributed by atoms with Gasteiger partial charge in [0.25, 0.3) is 0 Å². The van der Waals surface area contributed by atoms with Crippen molar-refractivity contribution in [1.82, 2.24) is 0 Å². The van der Waals surface area contributed by atoms with Crippen LogP contribution >= 0.6 is 0 Å². The first-order valence-electron chi connectivity index (χ1n) is 26.1. The number of hydrogen-bond donors (Lipinski definition) is 0. The fourth-order valence-corrected chi connectivity index (χ4v) is 11.5. The van der Waals surface area contributed by atoms with Gasteiger partial charge in [0.15, 0.2) is 0 Å². The van der Waals surface area contributed by atoms with Crippen molar-refractivity contribution >= 4 is 123 Å². The highest BCUT2D eigenvalue weighted by Gasteiger charge is 2.22. The minimum Gasteiger partial charge on any atom is -0.310 e. The van der Waals surface area contributed by atoms with Crippen LogP contribution in [0.5, 0.6) is 0 Å². The van der Waals surface area contributed by atoms with Gasteiger partial charge in [0.1, 0.15) is 0 Å². The van der Waals surface area contributed by atoms with Crippen LogP contribution in [-0.4, -0.2) is 0 Å². The standard InChI is InChI=1S/C74H50N2/c1-5-15-51(16-6-1)25-27-53-29-38-63(39-30-53)75(61-20-9-3-10-21-61)65-49-58-35-33-56-47-60(48-57-34-36-59(50-65)73(58)72(56)57)67-45-46-71(70-44-43-68-66-24-14-13-19-55(66)37-42-69(68)74(67)70)76(62-22-11-4-12-23-62)64-40-31-54(32-41-64)28-26-52-17-7-2-8-18-52/h1-50H. The third kappa shape index (κ3) is 8.19. The van der Waals surface area contributed by atoms with Gasteiger partial charge in [-0.3, -0.25) is 0 Å². The Balaban J connectivity index is 0.898. The molecule has 0 radical (unpaired) electrons. The third-order valence-corrected chi connectivity index (χ3v) is 15.1. The zero-order valence-electron chi connectivity index (χ0n) is 41.8. The maximum atomic E-state index is 2.42. The van der Waals surface area contributed by atoms with E-state index >= 15 is 0 Å². The molecule has 0 N–H and O–H groups in total. The number of nitrogens with zero attached hydrogens (tertiary/aromatic N) is 2. The van der Waals surface area contributed by atoms with Crippen LogP contribution in [0.3, 0.4) is 0 Å². The third-order valence-electron chi connectivity index (χ3n) is 15.1. The molecule has 0 saturated carbocycles. The first-order chi connectivity index (χ1) is 37.7. The van der Waals surface area contributed by atoms with Crippen LogP contribution in [0.15, 0.2) is 279 Å². The molecule has 2 heteroatoms. The second kappa shape index (κ2) is 19.1. The molecule has 0 bridgehead atoms. The molecule has 0 aliphatic carbocycles. The van der Waals surface area contributed by atoms with Gasteiger partial charge in [-0.1, -0.05) is 224 Å². The lowest BCUT2D eigenvalue weighted by atomic mass is 9.87. The summed E-state index contributed by atoms with van der Waals surface area (Å²) in [5.41, 5.74) is 13.7. The second-order valence-electron chi connectivity index (χ2n) is 19.7. The summed E-state index contributed by atoms with van der Waals surface area (Å²) >= 11 is 0. The first kappa shape index (κ1) is 44.7. The average molecular weight is 967 g/mol. The van der Waals surface area contributed by atoms with E-state index in [-0.39, 0.29) is 0 Å². The van der Waals surface area contributed by atoms with Crippen molar-refractivity contribution in [3.05, 3.63) is 301 Å². The Morgan fingerprint density at radius 1 is 0.224 bits per heavy atom. The van der Waals surface area contributed by atoms with Gasteiger partial charge in [-0.25, -0.2) is 0 Å². The molecule has 0 amide bonds. The van der Waals surface area contributed by atoms with Crippen molar-refractivity contribution in [2.24, 2.45) is 0 Å². The number of hydrogen-bond acceptors (Lipinski definition) is 2. The molecule has 0 atom stereocenters. The van der Waals surface area contributed by atoms with Gasteiger partial charge in [0.2, 0.25) is 0 Å². The Morgan fingerprint density at radius 3 is 1.18 bits per heavy atom. The number of benzene rings is 14. The highest BCUT2D eigenvalue weighted by atomic mass is 15.1. The summed E-state index contributed by atoms with van der Waals surface area (Å²) in [4.78, 5) is 4.79. The summed E-state index contributed by atoms with van der Waals surface area (Å²) < 4.78 is 0. The molecular weight excluding hydrogens is 917 g/mol. The minimum absolute atomic E-state index is 1.10. The van der Waals surface area contributed by atoms with E-state index in [0.717, 1.165) is 45.3 Å². The number of para-hydroxylation sites is 2. The lowest BCUT2D eigenvalue weighted by molar-refractivity contribution is 1.29. The highest BCUT2D eigenvalue weighted by Crippen LogP contribution is 2.48. The predicted molar refractivity (Wildman–Crippen MR) is 328 cm³/mol. The van der Waals surface area contributed by atoms with Crippen molar-refractivity contribution in [1.29, 1.82) is 0 Å². The van der Waals surface area contributed by atoms with Gasteiger partial charge in [-0.15, -0.1) is 0 Å². The molecule has 0 saturated heterocycles. The fraction of sp³-hybridized carbons (Fsp3) is 0. The van der Waals surface area contributed by atoms with E-state index in [1.54, 1.807) is 0 Å². The van der Waals surface area contributed by atoms with E-state index < -0.39 is 0 Å². The SMILES string of the molecule is C(=Cc1ccc(N(c2ccccc2)c2cc3ccc4cc(-c5ccc(N(c6ccccc6)c6ccc(C=Cc7ccccc7)cc6)c6ccc7c8ccccc8ccc7c56)cc5ccc(c2)c3c45)cc1)c1ccccc1. The van der Waals surface area contributed by atoms with Gasteiger partial charge in [-0.05, 0) is 171 Å². The van der Waals surface area contributed by atoms with E-state index in [4.69, 9.17) is 0 Å². The molecule has 0 spiro atoms. The molecule has 2 nitrogen and oxygen atoms in total. The van der Waals surface area contributed by atoms with E-state index in [2.05, 4.69) is 313 Å². The molecule has 14 aromatic carbocycles. The Morgan fingerprint density at radius 2 is 0.632 bits per heavy atom. The van der Waals surface area contributed by atoms with Gasteiger partial charge < -0.3 is 9.80 Å². The normalized spacial score (nSPS) is 11.8. The molecule has 0 unspecified atom stereocenters. The van der Waals surface area contributed by atoms with Crippen LogP contribution in [-0.2, 0) is 0 Å². The second-order valence-corrected chi connectivity index (χ2v) is 19.7. The lowest BCUT2D eigenvalue weighted by Crippen LogP contribution is -2.10. The molecule has 76 heavy (non-hydrogen) atoms. The summed E-state index contributed by atoms with van der Waals surface area (Å²) in [6, 6.07) is 102. The molecule has 0 aliphatic heterocycles. The van der Waals surface area contributed by atoms with Crippen molar-refractivity contribution < 1.29 is 0 Å². The maximum absolute atomic E-state index is 2.42. The summed E-state index contributed by atoms with van der Waals surface area (Å²) in [5, 5.41) is 14.9. The van der Waals surface area contributed by atoms with Crippen LogP contribution in [0, 0.1) is 0 Å². The average Bonchev–Trinajstić information content (AvgIpc) is 3.61. The topological polar surface area (TPSA) is 6.48 Å². The number of fused-ring (bicyclic) bond motifs is 5. The zero-order valence-corrected chi connectivity index (χ0v) is 41.8. The molecule has 0 aliphatic rings. The summed E-state index contributed by atoms with van der Waals surface area (Å²) in [5.74, 6) is 0. The van der Waals surface area contributed by atoms with Crippen LogP contribution in [0.25, 0.3) is 100 Å². The maximum Gasteiger partial charge on any atom is 0.0540 e. The van der Waals surface area contributed by atoms with Crippen LogP contribution in [0.4, 0.5) is 34.1 Å². The monoisotopic (exact) mass is 966 g/mol. The molecule has 0 heterocycles. The van der Waals surface area contributed by atoms with E-state index in [9.17, 15) is 0 Å². The van der Waals surface area contributed by atoms with E-state index in [1.165, 1.54) is 86.9 Å². The van der Waals surface area contributed by atoms with Crippen molar-refractivity contribution in [2.45, 2.75) is 0 Å². The smallest absolute Gasteiger partial charge is 0.0540 e. The van der Waals surface area contributed by atoms with Crippen molar-refractivity contribution in [3.8, 4) is 11.1 Å². The highest BCUT2D eigenvalue weighted by molar-refractivity contribution is 6.27. The Hall–Kier alpha value is -10.0. The van der Waals surface area contributed by atoms with Crippen LogP contribution in [0.1, 0.15) is 22.3 Å². The van der Waals surface area contributed by atoms with E-state index in [0.29, 0.717) is 0 Å². The molecule has 356 valence electrons. The number of anilines is 6. The molecule has 14 aromatic rings. The molecule has 0 aromatic heterocycles. The number of rotatable bonds is 11. The molecular formula is C74H50N2. The minimum atomic E-state index is 1.10. The van der Waals surface area contributed by atoms with Gasteiger partial charge in [-0.2, -0.15) is 0 Å². The van der Waals surface area contributed by atoms with Crippen LogP contribution in [0.2, 0.25) is 0 Å². The Kier molecular flexibility index (Phi) is 11.2. The molecule has 0 fully saturated rings. The van der Waals surface area contributed by atoms with Crippen LogP contribution < -0.4 is 9.80 Å². The fourth-order valence-electron chi connectivity index (χ4n) is 11.5. The van der Waals surface area contributed by atoms with Gasteiger partial charge in [0, 0.05) is 33.8 Å². The van der Waals surface area contributed by atoms with Crippen molar-refractivity contribution in [3.63, 3.8) is 0 Å². The first-order valence-corrected chi connectivity index (χ1v) is 26.1. The summed E-state index contributed by atoms with van der Waals surface area (Å²) in [6.45, 7) is 0. The quantitative estimate of drug-likeness (QED) is 0.0941. The Labute approximate surface area is 443 Å². The largest absolute Gasteiger partial charge is 0.310 e. The lowest BCUT2D eigenvalue weighted by Gasteiger charge is -2.28. The molecule has 14 rings (SSSR count). The van der Waals surface area contributed by atoms with E-state index in [1.807, 2.05) is 0 Å². The zero-order chi connectivity index (χ0) is 50.4. The Bertz CT molecular complexity index is 4400.